The number of methoxy groups -OCH3 is 1. The number of piperidine rings is 1. The maximum atomic E-state index is 6.31. The van der Waals surface area contributed by atoms with Crippen LogP contribution in [-0.4, -0.2) is 20.2 Å². The molecule has 0 aromatic heterocycles. The molecular formula is C12H15Cl2NO. The highest BCUT2D eigenvalue weighted by Crippen LogP contribution is 2.38. The van der Waals surface area contributed by atoms with Crippen LogP contribution < -0.4 is 10.1 Å². The summed E-state index contributed by atoms with van der Waals surface area (Å²) in [6.07, 6.45) is 2.20. The van der Waals surface area contributed by atoms with Crippen LogP contribution in [0.3, 0.4) is 0 Å². The second-order valence-corrected chi connectivity index (χ2v) is 4.85. The molecule has 88 valence electrons. The third-order valence-electron chi connectivity index (χ3n) is 3.03. The Balaban J connectivity index is 2.34. The van der Waals surface area contributed by atoms with Crippen molar-refractivity contribution in [2.45, 2.75) is 18.8 Å². The Labute approximate surface area is 106 Å². The normalized spacial score (nSPS) is 17.4. The van der Waals surface area contributed by atoms with E-state index in [9.17, 15) is 0 Å². The van der Waals surface area contributed by atoms with E-state index in [-0.39, 0.29) is 0 Å². The van der Waals surface area contributed by atoms with Gasteiger partial charge in [-0.15, -0.1) is 0 Å². The molecule has 0 unspecified atom stereocenters. The van der Waals surface area contributed by atoms with Crippen molar-refractivity contribution in [1.82, 2.24) is 5.32 Å². The minimum atomic E-state index is 0.487. The first-order valence-electron chi connectivity index (χ1n) is 5.46. The lowest BCUT2D eigenvalue weighted by Gasteiger charge is -2.24. The van der Waals surface area contributed by atoms with E-state index < -0.39 is 0 Å². The van der Waals surface area contributed by atoms with Gasteiger partial charge in [-0.2, -0.15) is 0 Å². The second-order valence-electron chi connectivity index (χ2n) is 4.04. The topological polar surface area (TPSA) is 21.3 Å². The van der Waals surface area contributed by atoms with Crippen LogP contribution in [0, 0.1) is 0 Å². The monoisotopic (exact) mass is 259 g/mol. The van der Waals surface area contributed by atoms with Crippen LogP contribution in [0.1, 0.15) is 24.3 Å². The van der Waals surface area contributed by atoms with E-state index in [0.717, 1.165) is 31.5 Å². The number of ether oxygens (including phenoxy) is 1. The molecule has 0 spiro atoms. The summed E-state index contributed by atoms with van der Waals surface area (Å²) in [5, 5.41) is 4.74. The molecule has 1 aliphatic rings. The fourth-order valence-corrected chi connectivity index (χ4v) is 2.72. The first kappa shape index (κ1) is 12.0. The molecule has 0 bridgehead atoms. The van der Waals surface area contributed by atoms with Gasteiger partial charge in [-0.3, -0.25) is 0 Å². The van der Waals surface area contributed by atoms with E-state index in [1.165, 1.54) is 0 Å². The molecule has 1 saturated heterocycles. The molecule has 0 aliphatic carbocycles. The zero-order chi connectivity index (χ0) is 11.5. The van der Waals surface area contributed by atoms with E-state index in [1.807, 2.05) is 6.07 Å². The summed E-state index contributed by atoms with van der Waals surface area (Å²) >= 11 is 12.4. The van der Waals surface area contributed by atoms with Crippen molar-refractivity contribution in [2.24, 2.45) is 0 Å². The summed E-state index contributed by atoms with van der Waals surface area (Å²) < 4.78 is 5.23. The van der Waals surface area contributed by atoms with Crippen LogP contribution in [0.15, 0.2) is 12.1 Å². The predicted molar refractivity (Wildman–Crippen MR) is 67.9 cm³/mol. The van der Waals surface area contributed by atoms with Gasteiger partial charge in [0.15, 0.2) is 0 Å². The molecule has 4 heteroatoms. The average Bonchev–Trinajstić information content (AvgIpc) is 2.33. The van der Waals surface area contributed by atoms with Gasteiger partial charge < -0.3 is 10.1 Å². The van der Waals surface area contributed by atoms with E-state index in [2.05, 4.69) is 5.32 Å². The molecular weight excluding hydrogens is 245 g/mol. The molecule has 0 atom stereocenters. The largest absolute Gasteiger partial charge is 0.495 e. The van der Waals surface area contributed by atoms with Crippen molar-refractivity contribution < 1.29 is 4.74 Å². The standard InChI is InChI=1S/C12H15Cl2NO/c1-16-11-7-9(13)6-10(12(11)14)8-2-4-15-5-3-8/h6-8,15H,2-5H2,1H3. The first-order valence-corrected chi connectivity index (χ1v) is 6.21. The van der Waals surface area contributed by atoms with Crippen LogP contribution in [0.5, 0.6) is 5.75 Å². The zero-order valence-corrected chi connectivity index (χ0v) is 10.7. The van der Waals surface area contributed by atoms with E-state index in [1.54, 1.807) is 13.2 Å². The highest BCUT2D eigenvalue weighted by atomic mass is 35.5. The lowest BCUT2D eigenvalue weighted by atomic mass is 9.90. The Morgan fingerprint density at radius 3 is 2.56 bits per heavy atom. The number of benzene rings is 1. The molecule has 1 aromatic carbocycles. The first-order chi connectivity index (χ1) is 7.72. The zero-order valence-electron chi connectivity index (χ0n) is 9.22. The summed E-state index contributed by atoms with van der Waals surface area (Å²) in [6, 6.07) is 3.72. The van der Waals surface area contributed by atoms with Crippen molar-refractivity contribution in [3.8, 4) is 5.75 Å². The van der Waals surface area contributed by atoms with Crippen molar-refractivity contribution in [3.63, 3.8) is 0 Å². The van der Waals surface area contributed by atoms with Gasteiger partial charge in [-0.05, 0) is 43.5 Å². The molecule has 1 fully saturated rings. The van der Waals surface area contributed by atoms with Gasteiger partial charge in [0.1, 0.15) is 5.75 Å². The minimum absolute atomic E-state index is 0.487. The van der Waals surface area contributed by atoms with Crippen molar-refractivity contribution >= 4 is 23.2 Å². The lowest BCUT2D eigenvalue weighted by molar-refractivity contribution is 0.411. The molecule has 1 aromatic rings. The summed E-state index contributed by atoms with van der Waals surface area (Å²) in [4.78, 5) is 0. The quantitative estimate of drug-likeness (QED) is 0.879. The summed E-state index contributed by atoms with van der Waals surface area (Å²) in [6.45, 7) is 2.08. The molecule has 2 nitrogen and oxygen atoms in total. The molecule has 1 N–H and O–H groups in total. The highest BCUT2D eigenvalue weighted by molar-refractivity contribution is 6.35. The van der Waals surface area contributed by atoms with Gasteiger partial charge >= 0.3 is 0 Å². The third-order valence-corrected chi connectivity index (χ3v) is 3.65. The van der Waals surface area contributed by atoms with Gasteiger partial charge in [-0.1, -0.05) is 23.2 Å². The van der Waals surface area contributed by atoms with E-state index in [4.69, 9.17) is 27.9 Å². The minimum Gasteiger partial charge on any atom is -0.495 e. The van der Waals surface area contributed by atoms with Gasteiger partial charge in [0.05, 0.1) is 12.1 Å². The van der Waals surface area contributed by atoms with Crippen LogP contribution in [-0.2, 0) is 0 Å². The SMILES string of the molecule is COc1cc(Cl)cc(C2CCNCC2)c1Cl. The molecule has 0 saturated carbocycles. The van der Waals surface area contributed by atoms with Gasteiger partial charge in [0.25, 0.3) is 0 Å². The molecule has 0 radical (unpaired) electrons. The molecule has 2 rings (SSSR count). The van der Waals surface area contributed by atoms with Crippen molar-refractivity contribution in [2.75, 3.05) is 20.2 Å². The molecule has 0 amide bonds. The maximum Gasteiger partial charge on any atom is 0.139 e. The van der Waals surface area contributed by atoms with Gasteiger partial charge in [0.2, 0.25) is 0 Å². The average molecular weight is 260 g/mol. The number of hydrogen-bond acceptors (Lipinski definition) is 2. The number of halogens is 2. The Morgan fingerprint density at radius 2 is 1.94 bits per heavy atom. The number of hydrogen-bond donors (Lipinski definition) is 1. The van der Waals surface area contributed by atoms with Crippen LogP contribution in [0.25, 0.3) is 0 Å². The molecule has 1 heterocycles. The van der Waals surface area contributed by atoms with Crippen molar-refractivity contribution in [3.05, 3.63) is 27.7 Å². The number of rotatable bonds is 2. The van der Waals surface area contributed by atoms with Gasteiger partial charge in [0, 0.05) is 11.1 Å². The fraction of sp³-hybridized carbons (Fsp3) is 0.500. The molecule has 16 heavy (non-hydrogen) atoms. The molecule has 1 aliphatic heterocycles. The third kappa shape index (κ3) is 2.45. The Bertz CT molecular complexity index is 376. The number of nitrogens with one attached hydrogen (secondary N) is 1. The lowest BCUT2D eigenvalue weighted by Crippen LogP contribution is -2.26. The van der Waals surface area contributed by atoms with Gasteiger partial charge in [-0.25, -0.2) is 0 Å². The van der Waals surface area contributed by atoms with Crippen LogP contribution >= 0.6 is 23.2 Å². The van der Waals surface area contributed by atoms with Crippen molar-refractivity contribution in [1.29, 1.82) is 0 Å². The predicted octanol–water partition coefficient (Wildman–Crippen LogP) is 3.47. The summed E-state index contributed by atoms with van der Waals surface area (Å²) in [5.41, 5.74) is 1.12. The maximum absolute atomic E-state index is 6.31. The Hall–Kier alpha value is -0.440. The van der Waals surface area contributed by atoms with Crippen LogP contribution in [0.4, 0.5) is 0 Å². The smallest absolute Gasteiger partial charge is 0.139 e. The Morgan fingerprint density at radius 1 is 1.25 bits per heavy atom. The van der Waals surface area contributed by atoms with Crippen LogP contribution in [0.2, 0.25) is 10.0 Å². The fourth-order valence-electron chi connectivity index (χ4n) is 2.16. The highest BCUT2D eigenvalue weighted by Gasteiger charge is 2.20. The second kappa shape index (κ2) is 5.26. The Kier molecular flexibility index (Phi) is 3.95. The van der Waals surface area contributed by atoms with E-state index >= 15 is 0 Å². The summed E-state index contributed by atoms with van der Waals surface area (Å²) in [7, 11) is 1.61. The summed E-state index contributed by atoms with van der Waals surface area (Å²) in [5.74, 6) is 1.16. The van der Waals surface area contributed by atoms with E-state index in [0.29, 0.717) is 21.7 Å².